The molecular formula is C28H26N2O5. The average Bonchev–Trinajstić information content (AvgIpc) is 3.06. The third-order valence-electron chi connectivity index (χ3n) is 7.02. The Morgan fingerprint density at radius 1 is 1.06 bits per heavy atom. The van der Waals surface area contributed by atoms with Crippen LogP contribution in [0.2, 0.25) is 0 Å². The van der Waals surface area contributed by atoms with Crippen LogP contribution in [0.5, 0.6) is 11.5 Å². The Kier molecular flexibility index (Phi) is 5.35. The van der Waals surface area contributed by atoms with Gasteiger partial charge in [0.2, 0.25) is 5.72 Å². The Balaban J connectivity index is 1.62. The summed E-state index contributed by atoms with van der Waals surface area (Å²) in [6, 6.07) is 18.9. The molecular weight excluding hydrogens is 444 g/mol. The summed E-state index contributed by atoms with van der Waals surface area (Å²) in [5.74, 6) is 0.649. The van der Waals surface area contributed by atoms with E-state index in [1.54, 1.807) is 31.4 Å². The van der Waals surface area contributed by atoms with Crippen molar-refractivity contribution < 1.29 is 19.0 Å². The smallest absolute Gasteiger partial charge is 0.337 e. The van der Waals surface area contributed by atoms with Gasteiger partial charge in [0.05, 0.1) is 25.2 Å². The molecule has 0 bridgehead atoms. The SMILES string of the molecule is COC(=O)c1ccc(CN2c3ccccc3C(C)(C)C23C=Cc2cc(N=O)cc(OC)c2O3)cc1. The average molecular weight is 471 g/mol. The van der Waals surface area contributed by atoms with Gasteiger partial charge in [0.15, 0.2) is 11.5 Å². The van der Waals surface area contributed by atoms with E-state index in [1.807, 2.05) is 36.4 Å². The lowest BCUT2D eigenvalue weighted by Crippen LogP contribution is -2.59. The lowest BCUT2D eigenvalue weighted by Gasteiger charge is -2.47. The highest BCUT2D eigenvalue weighted by atomic mass is 16.5. The number of benzene rings is 3. The highest BCUT2D eigenvalue weighted by molar-refractivity contribution is 5.89. The lowest BCUT2D eigenvalue weighted by molar-refractivity contribution is 0.0493. The maximum Gasteiger partial charge on any atom is 0.337 e. The van der Waals surface area contributed by atoms with Crippen molar-refractivity contribution in [3.63, 3.8) is 0 Å². The zero-order chi connectivity index (χ0) is 24.8. The van der Waals surface area contributed by atoms with Gasteiger partial charge >= 0.3 is 5.97 Å². The van der Waals surface area contributed by atoms with Gasteiger partial charge in [0.1, 0.15) is 5.69 Å². The Bertz CT molecular complexity index is 1350. The third kappa shape index (κ3) is 3.38. The number of fused-ring (bicyclic) bond motifs is 2. The van der Waals surface area contributed by atoms with E-state index >= 15 is 0 Å². The van der Waals surface area contributed by atoms with Gasteiger partial charge in [-0.3, -0.25) is 0 Å². The number of nitroso groups, excluding NO2 is 1. The highest BCUT2D eigenvalue weighted by Crippen LogP contribution is 2.56. The standard InChI is InChI=1S/C28H26N2O5/c1-27(2)22-7-5-6-8-23(22)30(17-18-9-11-19(12-10-18)26(31)34-4)28(27)14-13-20-15-21(29-32)16-24(33-3)25(20)35-28/h5-16H,17H2,1-4H3. The largest absolute Gasteiger partial charge is 0.493 e. The number of hydrogen-bond donors (Lipinski definition) is 0. The molecule has 7 heteroatoms. The summed E-state index contributed by atoms with van der Waals surface area (Å²) in [5.41, 5.74) is 3.45. The minimum atomic E-state index is -0.867. The van der Waals surface area contributed by atoms with Crippen LogP contribution >= 0.6 is 0 Å². The molecule has 0 saturated heterocycles. The van der Waals surface area contributed by atoms with Crippen LogP contribution in [0.3, 0.4) is 0 Å². The molecule has 0 fully saturated rings. The number of carbonyl (C=O) groups is 1. The van der Waals surface area contributed by atoms with E-state index in [0.717, 1.165) is 22.4 Å². The normalized spacial score (nSPS) is 19.0. The maximum absolute atomic E-state index is 11.9. The van der Waals surface area contributed by atoms with Crippen molar-refractivity contribution >= 4 is 23.4 Å². The van der Waals surface area contributed by atoms with E-state index in [1.165, 1.54) is 7.11 Å². The number of carbonyl (C=O) groups excluding carboxylic acids is 1. The van der Waals surface area contributed by atoms with E-state index in [-0.39, 0.29) is 11.7 Å². The molecule has 2 aliphatic rings. The Hall–Kier alpha value is -4.13. The Morgan fingerprint density at radius 3 is 2.49 bits per heavy atom. The number of rotatable bonds is 5. The van der Waals surface area contributed by atoms with Crippen LogP contribution in [-0.4, -0.2) is 25.9 Å². The van der Waals surface area contributed by atoms with Crippen LogP contribution in [0.4, 0.5) is 11.4 Å². The van der Waals surface area contributed by atoms with Crippen LogP contribution in [-0.2, 0) is 16.7 Å². The first kappa shape index (κ1) is 22.7. The second-order valence-electron chi connectivity index (χ2n) is 9.21. The molecule has 3 aromatic rings. The maximum atomic E-state index is 11.9. The number of para-hydroxylation sites is 1. The summed E-state index contributed by atoms with van der Waals surface area (Å²) in [4.78, 5) is 25.3. The zero-order valence-corrected chi connectivity index (χ0v) is 20.1. The predicted molar refractivity (Wildman–Crippen MR) is 134 cm³/mol. The molecule has 1 atom stereocenters. The highest BCUT2D eigenvalue weighted by Gasteiger charge is 2.59. The van der Waals surface area contributed by atoms with Crippen LogP contribution in [0, 0.1) is 4.91 Å². The number of methoxy groups -OCH3 is 2. The summed E-state index contributed by atoms with van der Waals surface area (Å²) in [6.45, 7) is 4.86. The molecule has 0 amide bonds. The van der Waals surface area contributed by atoms with E-state index in [0.29, 0.717) is 23.6 Å². The quantitative estimate of drug-likeness (QED) is 0.337. The second kappa shape index (κ2) is 8.27. The van der Waals surface area contributed by atoms with Gasteiger partial charge in [0.25, 0.3) is 0 Å². The first-order valence-corrected chi connectivity index (χ1v) is 11.3. The summed E-state index contributed by atoms with van der Waals surface area (Å²) in [6.07, 6.45) is 4.02. The fourth-order valence-electron chi connectivity index (χ4n) is 5.12. The topological polar surface area (TPSA) is 77.4 Å². The second-order valence-corrected chi connectivity index (χ2v) is 9.21. The van der Waals surface area contributed by atoms with Crippen molar-refractivity contribution in [2.45, 2.75) is 31.5 Å². The number of esters is 1. The van der Waals surface area contributed by atoms with Gasteiger partial charge in [-0.2, -0.15) is 0 Å². The van der Waals surface area contributed by atoms with Crippen molar-refractivity contribution in [1.82, 2.24) is 0 Å². The summed E-state index contributed by atoms with van der Waals surface area (Å²) in [5, 5.41) is 3.07. The van der Waals surface area contributed by atoms with Crippen molar-refractivity contribution in [1.29, 1.82) is 0 Å². The van der Waals surface area contributed by atoms with Crippen molar-refractivity contribution in [2.24, 2.45) is 5.18 Å². The number of nitrogens with zero attached hydrogens (tertiary/aromatic N) is 2. The fraction of sp³-hybridized carbons (Fsp3) is 0.250. The van der Waals surface area contributed by atoms with Gasteiger partial charge in [-0.25, -0.2) is 4.79 Å². The molecule has 1 unspecified atom stereocenters. The number of anilines is 1. The van der Waals surface area contributed by atoms with Crippen LogP contribution in [0.25, 0.3) is 6.08 Å². The lowest BCUT2D eigenvalue weighted by atomic mass is 9.76. The molecule has 2 aliphatic heterocycles. The van der Waals surface area contributed by atoms with Gasteiger partial charge in [-0.05, 0) is 66.6 Å². The van der Waals surface area contributed by atoms with Gasteiger partial charge in [0, 0.05) is 23.9 Å². The molecule has 0 aliphatic carbocycles. The Morgan fingerprint density at radius 2 is 1.80 bits per heavy atom. The molecule has 0 aromatic heterocycles. The van der Waals surface area contributed by atoms with Crippen LogP contribution in [0.15, 0.2) is 71.9 Å². The molecule has 0 radical (unpaired) electrons. The van der Waals surface area contributed by atoms with E-state index in [9.17, 15) is 9.70 Å². The van der Waals surface area contributed by atoms with E-state index < -0.39 is 11.1 Å². The summed E-state index contributed by atoms with van der Waals surface area (Å²) < 4.78 is 17.3. The third-order valence-corrected chi connectivity index (χ3v) is 7.02. The van der Waals surface area contributed by atoms with E-state index in [2.05, 4.69) is 36.1 Å². The molecule has 3 aromatic carbocycles. The molecule has 0 saturated carbocycles. The first-order chi connectivity index (χ1) is 16.8. The minimum Gasteiger partial charge on any atom is -0.493 e. The van der Waals surface area contributed by atoms with Gasteiger partial charge < -0.3 is 19.1 Å². The predicted octanol–water partition coefficient (Wildman–Crippen LogP) is 5.98. The van der Waals surface area contributed by atoms with Gasteiger partial charge in [-0.1, -0.05) is 30.3 Å². The molecule has 1 spiro atoms. The minimum absolute atomic E-state index is 0.279. The molecule has 35 heavy (non-hydrogen) atoms. The number of hydrogen-bond acceptors (Lipinski definition) is 7. The molecule has 2 heterocycles. The summed E-state index contributed by atoms with van der Waals surface area (Å²) >= 11 is 0. The first-order valence-electron chi connectivity index (χ1n) is 11.3. The molecule has 0 N–H and O–H groups in total. The van der Waals surface area contributed by atoms with E-state index in [4.69, 9.17) is 14.2 Å². The fourth-order valence-corrected chi connectivity index (χ4v) is 5.12. The summed E-state index contributed by atoms with van der Waals surface area (Å²) in [7, 11) is 2.92. The molecule has 5 rings (SSSR count). The number of ether oxygens (including phenoxy) is 3. The van der Waals surface area contributed by atoms with Crippen LogP contribution in [0.1, 0.15) is 40.9 Å². The Labute approximate surface area is 203 Å². The van der Waals surface area contributed by atoms with Crippen molar-refractivity contribution in [3.8, 4) is 11.5 Å². The van der Waals surface area contributed by atoms with Crippen molar-refractivity contribution in [3.05, 3.63) is 93.9 Å². The molecule has 178 valence electrons. The molecule has 7 nitrogen and oxygen atoms in total. The van der Waals surface area contributed by atoms with Crippen molar-refractivity contribution in [2.75, 3.05) is 19.1 Å². The van der Waals surface area contributed by atoms with Crippen LogP contribution < -0.4 is 14.4 Å². The zero-order valence-electron chi connectivity index (χ0n) is 20.1. The monoisotopic (exact) mass is 470 g/mol. The van der Waals surface area contributed by atoms with Gasteiger partial charge in [-0.15, -0.1) is 4.91 Å².